The molecular formula is C30H27NOS. The van der Waals surface area contributed by atoms with Gasteiger partial charge in [0.05, 0.1) is 4.88 Å². The molecule has 0 radical (unpaired) electrons. The van der Waals surface area contributed by atoms with Crippen molar-refractivity contribution in [2.24, 2.45) is 0 Å². The van der Waals surface area contributed by atoms with Crippen LogP contribution >= 0.6 is 11.3 Å². The standard InChI is InChI=1S/C30H27NOS/c1-4-27(24-12-6-5-7-13-24)31-30(32)29-17-16-28(33-29)26-15-9-11-23(20-26)18-22-10-8-14-25(19-22)21(2)3/h1,5-17,19-21,27H,18H2,2-3H3,(H,31,32). The van der Waals surface area contributed by atoms with Gasteiger partial charge in [0.2, 0.25) is 0 Å². The summed E-state index contributed by atoms with van der Waals surface area (Å²) >= 11 is 1.48. The summed E-state index contributed by atoms with van der Waals surface area (Å²) in [6, 6.07) is 30.4. The molecule has 164 valence electrons. The molecule has 2 nitrogen and oxygen atoms in total. The molecule has 4 aromatic rings. The smallest absolute Gasteiger partial charge is 0.262 e. The molecule has 0 bridgehead atoms. The first kappa shape index (κ1) is 22.6. The molecule has 1 N–H and O–H groups in total. The molecule has 1 amide bonds. The molecule has 0 saturated heterocycles. The highest BCUT2D eigenvalue weighted by atomic mass is 32.1. The fourth-order valence-corrected chi connectivity index (χ4v) is 4.72. The maximum absolute atomic E-state index is 12.8. The van der Waals surface area contributed by atoms with Gasteiger partial charge < -0.3 is 5.32 Å². The molecule has 1 atom stereocenters. The van der Waals surface area contributed by atoms with Crippen LogP contribution in [0.3, 0.4) is 0 Å². The Kier molecular flexibility index (Phi) is 7.07. The van der Waals surface area contributed by atoms with Gasteiger partial charge in [0, 0.05) is 4.88 Å². The van der Waals surface area contributed by atoms with E-state index in [9.17, 15) is 4.79 Å². The third kappa shape index (κ3) is 5.61. The summed E-state index contributed by atoms with van der Waals surface area (Å²) in [6.45, 7) is 4.44. The molecule has 0 spiro atoms. The fourth-order valence-electron chi connectivity index (χ4n) is 3.82. The largest absolute Gasteiger partial charge is 0.334 e. The number of nitrogens with one attached hydrogen (secondary N) is 1. The molecule has 0 aliphatic heterocycles. The molecule has 3 heteroatoms. The van der Waals surface area contributed by atoms with Gasteiger partial charge in [0.1, 0.15) is 6.04 Å². The van der Waals surface area contributed by atoms with Gasteiger partial charge in [-0.15, -0.1) is 17.8 Å². The van der Waals surface area contributed by atoms with Crippen LogP contribution in [-0.2, 0) is 6.42 Å². The third-order valence-electron chi connectivity index (χ3n) is 5.64. The molecule has 1 heterocycles. The Morgan fingerprint density at radius 1 is 0.879 bits per heavy atom. The van der Waals surface area contributed by atoms with Crippen molar-refractivity contribution in [3.05, 3.63) is 118 Å². The summed E-state index contributed by atoms with van der Waals surface area (Å²) in [5.74, 6) is 3.04. The summed E-state index contributed by atoms with van der Waals surface area (Å²) < 4.78 is 0. The van der Waals surface area contributed by atoms with Crippen LogP contribution in [0, 0.1) is 12.3 Å². The zero-order valence-corrected chi connectivity index (χ0v) is 19.7. The lowest BCUT2D eigenvalue weighted by Gasteiger charge is -2.12. The van der Waals surface area contributed by atoms with E-state index in [-0.39, 0.29) is 5.91 Å². The van der Waals surface area contributed by atoms with E-state index in [1.807, 2.05) is 42.5 Å². The number of carbonyl (C=O) groups excluding carboxylic acids is 1. The van der Waals surface area contributed by atoms with E-state index in [0.29, 0.717) is 10.8 Å². The van der Waals surface area contributed by atoms with Crippen molar-refractivity contribution in [2.75, 3.05) is 0 Å². The van der Waals surface area contributed by atoms with Crippen molar-refractivity contribution < 1.29 is 4.79 Å². The second kappa shape index (κ2) is 10.3. The molecular weight excluding hydrogens is 422 g/mol. The predicted octanol–water partition coefficient (Wildman–Crippen LogP) is 7.23. The van der Waals surface area contributed by atoms with Crippen molar-refractivity contribution in [1.82, 2.24) is 5.32 Å². The van der Waals surface area contributed by atoms with Crippen LogP contribution in [0.25, 0.3) is 10.4 Å². The highest BCUT2D eigenvalue weighted by molar-refractivity contribution is 7.17. The zero-order chi connectivity index (χ0) is 23.2. The number of hydrogen-bond donors (Lipinski definition) is 1. The Hall–Kier alpha value is -3.61. The van der Waals surface area contributed by atoms with Crippen LogP contribution in [-0.4, -0.2) is 5.91 Å². The highest BCUT2D eigenvalue weighted by Crippen LogP contribution is 2.30. The van der Waals surface area contributed by atoms with Crippen LogP contribution in [0.15, 0.2) is 91.0 Å². The summed E-state index contributed by atoms with van der Waals surface area (Å²) in [5.41, 5.74) is 5.95. The number of rotatable bonds is 7. The van der Waals surface area contributed by atoms with E-state index in [1.54, 1.807) is 0 Å². The molecule has 3 aromatic carbocycles. The Morgan fingerprint density at radius 3 is 2.30 bits per heavy atom. The third-order valence-corrected chi connectivity index (χ3v) is 6.78. The van der Waals surface area contributed by atoms with Gasteiger partial charge in [-0.2, -0.15) is 0 Å². The van der Waals surface area contributed by atoms with Crippen LogP contribution in [0.5, 0.6) is 0 Å². The van der Waals surface area contributed by atoms with E-state index in [0.717, 1.165) is 22.4 Å². The SMILES string of the molecule is C#CC(NC(=O)c1ccc(-c2cccc(Cc3cccc(C(C)C)c3)c2)s1)c1ccccc1. The Morgan fingerprint density at radius 2 is 1.58 bits per heavy atom. The van der Waals surface area contributed by atoms with Gasteiger partial charge in [-0.3, -0.25) is 4.79 Å². The summed E-state index contributed by atoms with van der Waals surface area (Å²) in [6.07, 6.45) is 6.55. The van der Waals surface area contributed by atoms with Gasteiger partial charge in [-0.25, -0.2) is 0 Å². The maximum atomic E-state index is 12.8. The number of carbonyl (C=O) groups is 1. The Bertz CT molecular complexity index is 1280. The minimum Gasteiger partial charge on any atom is -0.334 e. The Labute approximate surface area is 200 Å². The van der Waals surface area contributed by atoms with E-state index >= 15 is 0 Å². The maximum Gasteiger partial charge on any atom is 0.262 e. The van der Waals surface area contributed by atoms with Gasteiger partial charge >= 0.3 is 0 Å². The average Bonchev–Trinajstić information content (AvgIpc) is 3.34. The van der Waals surface area contributed by atoms with Crippen molar-refractivity contribution in [2.45, 2.75) is 32.2 Å². The average molecular weight is 450 g/mol. The number of thiophene rings is 1. The van der Waals surface area contributed by atoms with Crippen molar-refractivity contribution in [1.29, 1.82) is 0 Å². The Balaban J connectivity index is 1.49. The van der Waals surface area contributed by atoms with Crippen LogP contribution in [0.2, 0.25) is 0 Å². The second-order valence-corrected chi connectivity index (χ2v) is 9.51. The monoisotopic (exact) mass is 449 g/mol. The molecule has 4 rings (SSSR count). The van der Waals surface area contributed by atoms with Gasteiger partial charge in [0.15, 0.2) is 0 Å². The predicted molar refractivity (Wildman–Crippen MR) is 139 cm³/mol. The quantitative estimate of drug-likeness (QED) is 0.296. The number of amides is 1. The summed E-state index contributed by atoms with van der Waals surface area (Å²) in [7, 11) is 0. The van der Waals surface area contributed by atoms with Crippen LogP contribution < -0.4 is 5.32 Å². The summed E-state index contributed by atoms with van der Waals surface area (Å²) in [5, 5.41) is 2.96. The zero-order valence-electron chi connectivity index (χ0n) is 18.9. The number of hydrogen-bond acceptors (Lipinski definition) is 2. The lowest BCUT2D eigenvalue weighted by Crippen LogP contribution is -2.26. The first-order chi connectivity index (χ1) is 16.0. The topological polar surface area (TPSA) is 29.1 Å². The second-order valence-electron chi connectivity index (χ2n) is 8.42. The molecule has 0 aliphatic rings. The first-order valence-corrected chi connectivity index (χ1v) is 11.9. The van der Waals surface area contributed by atoms with E-state index in [2.05, 4.69) is 73.6 Å². The van der Waals surface area contributed by atoms with E-state index in [4.69, 9.17) is 6.42 Å². The van der Waals surface area contributed by atoms with Crippen LogP contribution in [0.4, 0.5) is 0 Å². The highest BCUT2D eigenvalue weighted by Gasteiger charge is 2.16. The lowest BCUT2D eigenvalue weighted by atomic mass is 9.97. The number of terminal acetylenes is 1. The normalized spacial score (nSPS) is 11.7. The molecule has 0 aliphatic carbocycles. The minimum atomic E-state index is -0.450. The van der Waals surface area contributed by atoms with Gasteiger partial charge in [-0.1, -0.05) is 98.6 Å². The summed E-state index contributed by atoms with van der Waals surface area (Å²) in [4.78, 5) is 14.5. The first-order valence-electron chi connectivity index (χ1n) is 11.1. The fraction of sp³-hybridized carbons (Fsp3) is 0.167. The lowest BCUT2D eigenvalue weighted by molar-refractivity contribution is 0.0949. The van der Waals surface area contributed by atoms with E-state index in [1.165, 1.54) is 28.0 Å². The number of benzene rings is 3. The van der Waals surface area contributed by atoms with Gasteiger partial charge in [-0.05, 0) is 52.3 Å². The molecule has 1 aromatic heterocycles. The van der Waals surface area contributed by atoms with Gasteiger partial charge in [0.25, 0.3) is 5.91 Å². The van der Waals surface area contributed by atoms with Crippen molar-refractivity contribution in [3.63, 3.8) is 0 Å². The molecule has 33 heavy (non-hydrogen) atoms. The molecule has 0 saturated carbocycles. The van der Waals surface area contributed by atoms with Crippen LogP contribution in [0.1, 0.15) is 57.7 Å². The molecule has 1 unspecified atom stereocenters. The van der Waals surface area contributed by atoms with Crippen molar-refractivity contribution >= 4 is 17.2 Å². The minimum absolute atomic E-state index is 0.153. The van der Waals surface area contributed by atoms with E-state index < -0.39 is 6.04 Å². The molecule has 0 fully saturated rings. The van der Waals surface area contributed by atoms with Crippen molar-refractivity contribution in [3.8, 4) is 22.8 Å².